The van der Waals surface area contributed by atoms with Gasteiger partial charge < -0.3 is 15.2 Å². The fraction of sp³-hybridized carbons (Fsp3) is 0.545. The third kappa shape index (κ3) is 5.99. The fourth-order valence-electron chi connectivity index (χ4n) is 0.854. The Balaban J connectivity index is 4.54. The molecule has 0 rings (SSSR count). The number of carbonyl (C=O) groups excluding carboxylic acids is 2. The first kappa shape index (κ1) is 16.1. The van der Waals surface area contributed by atoms with Gasteiger partial charge in [-0.1, -0.05) is 25.6 Å². The van der Waals surface area contributed by atoms with Crippen LogP contribution >= 0.6 is 0 Å². The second-order valence-electron chi connectivity index (χ2n) is 4.78. The first-order chi connectivity index (χ1) is 8.19. The van der Waals surface area contributed by atoms with E-state index < -0.39 is 25.7 Å². The Bertz CT molecular complexity index is 448. The van der Waals surface area contributed by atoms with Crippen LogP contribution in [0, 0.1) is 11.5 Å². The van der Waals surface area contributed by atoms with Crippen molar-refractivity contribution in [2.45, 2.75) is 19.6 Å². The lowest BCUT2D eigenvalue weighted by Gasteiger charge is -2.05. The number of nitrogens with zero attached hydrogens (tertiary/aromatic N) is 3. The minimum Gasteiger partial charge on any atom is -0.444 e. The molecule has 0 aliphatic rings. The van der Waals surface area contributed by atoms with Crippen LogP contribution in [0.5, 0.6) is 0 Å². The zero-order valence-electron chi connectivity index (χ0n) is 11.3. The van der Waals surface area contributed by atoms with Crippen LogP contribution < -0.4 is 0 Å². The van der Waals surface area contributed by atoms with Gasteiger partial charge in [0.05, 0.1) is 0 Å². The number of rotatable bonds is 3. The molecule has 0 unspecified atom stereocenters. The lowest BCUT2D eigenvalue weighted by Crippen LogP contribution is -2.36. The molecule has 0 radical (unpaired) electrons. The summed E-state index contributed by atoms with van der Waals surface area (Å²) in [5.41, 5.74) is 11.0. The van der Waals surface area contributed by atoms with E-state index >= 15 is 0 Å². The Hall–Kier alpha value is -1.90. The molecular formula is C11H17N3O3Si. The van der Waals surface area contributed by atoms with Gasteiger partial charge in [-0.15, -0.1) is 5.54 Å². The summed E-state index contributed by atoms with van der Waals surface area (Å²) in [7, 11) is 1.36. The van der Waals surface area contributed by atoms with Gasteiger partial charge in [0.15, 0.2) is 6.61 Å². The van der Waals surface area contributed by atoms with Crippen molar-refractivity contribution >= 4 is 25.7 Å². The lowest BCUT2D eigenvalue weighted by molar-refractivity contribution is -0.142. The van der Waals surface area contributed by atoms with Gasteiger partial charge in [0.1, 0.15) is 8.07 Å². The fourth-order valence-corrected chi connectivity index (χ4v) is 1.46. The predicted octanol–water partition coefficient (Wildman–Crippen LogP) is 0.169. The van der Waals surface area contributed by atoms with Crippen LogP contribution in [0.25, 0.3) is 5.53 Å². The van der Waals surface area contributed by atoms with Crippen molar-refractivity contribution in [2.24, 2.45) is 0 Å². The first-order valence-electron chi connectivity index (χ1n) is 5.30. The van der Waals surface area contributed by atoms with E-state index in [0.717, 1.165) is 4.90 Å². The molecule has 0 spiro atoms. The van der Waals surface area contributed by atoms with E-state index in [-0.39, 0.29) is 6.61 Å². The molecule has 0 aliphatic heterocycles. The van der Waals surface area contributed by atoms with Gasteiger partial charge in [0.25, 0.3) is 0 Å². The van der Waals surface area contributed by atoms with Gasteiger partial charge in [-0.25, -0.2) is 4.79 Å². The van der Waals surface area contributed by atoms with Crippen LogP contribution in [0.3, 0.4) is 0 Å². The number of amides is 1. The van der Waals surface area contributed by atoms with E-state index in [9.17, 15) is 9.59 Å². The average molecular weight is 267 g/mol. The molecule has 0 atom stereocenters. The third-order valence-electron chi connectivity index (χ3n) is 1.64. The van der Waals surface area contributed by atoms with E-state index in [0.29, 0.717) is 0 Å². The molecule has 0 saturated heterocycles. The largest absolute Gasteiger partial charge is 0.463 e. The SMILES string of the molecule is CN(C)C(=O)C(=[N+]=[N-])C(=O)OCC#C[Si](C)(C)C. The number of esters is 1. The summed E-state index contributed by atoms with van der Waals surface area (Å²) < 4.78 is 4.73. The van der Waals surface area contributed by atoms with Crippen LogP contribution in [0.4, 0.5) is 0 Å². The summed E-state index contributed by atoms with van der Waals surface area (Å²) in [5, 5.41) is 0. The van der Waals surface area contributed by atoms with Crippen molar-refractivity contribution in [3.8, 4) is 11.5 Å². The molecule has 6 nitrogen and oxygen atoms in total. The van der Waals surface area contributed by atoms with Crippen molar-refractivity contribution in [3.63, 3.8) is 0 Å². The number of carbonyl (C=O) groups is 2. The number of hydrogen-bond acceptors (Lipinski definition) is 3. The molecular weight excluding hydrogens is 250 g/mol. The number of hydrogen-bond donors (Lipinski definition) is 0. The molecule has 0 N–H and O–H groups in total. The second-order valence-corrected chi connectivity index (χ2v) is 9.53. The van der Waals surface area contributed by atoms with E-state index in [2.05, 4.69) is 35.9 Å². The Labute approximate surface area is 108 Å². The average Bonchev–Trinajstić information content (AvgIpc) is 2.23. The Kier molecular flexibility index (Phi) is 6.03. The van der Waals surface area contributed by atoms with Gasteiger partial charge in [-0.3, -0.25) is 4.79 Å². The smallest absolute Gasteiger partial charge is 0.444 e. The highest BCUT2D eigenvalue weighted by Gasteiger charge is 2.32. The Morgan fingerprint density at radius 1 is 1.33 bits per heavy atom. The Morgan fingerprint density at radius 2 is 1.89 bits per heavy atom. The van der Waals surface area contributed by atoms with Crippen LogP contribution in [-0.4, -0.2) is 56.1 Å². The monoisotopic (exact) mass is 267 g/mol. The first-order valence-corrected chi connectivity index (χ1v) is 8.80. The van der Waals surface area contributed by atoms with Crippen molar-refractivity contribution in [1.82, 2.24) is 4.90 Å². The van der Waals surface area contributed by atoms with Crippen LogP contribution in [0.1, 0.15) is 0 Å². The molecule has 0 aromatic rings. The minimum absolute atomic E-state index is 0.122. The normalized spacial score (nSPS) is 9.61. The van der Waals surface area contributed by atoms with Crippen molar-refractivity contribution in [1.29, 1.82) is 0 Å². The van der Waals surface area contributed by atoms with Crippen LogP contribution in [-0.2, 0) is 14.3 Å². The van der Waals surface area contributed by atoms with Gasteiger partial charge in [0, 0.05) is 14.1 Å². The molecule has 1 amide bonds. The maximum absolute atomic E-state index is 11.4. The third-order valence-corrected chi connectivity index (χ3v) is 2.57. The van der Waals surface area contributed by atoms with Gasteiger partial charge in [0.2, 0.25) is 0 Å². The zero-order chi connectivity index (χ0) is 14.3. The summed E-state index contributed by atoms with van der Waals surface area (Å²) in [6.45, 7) is 6.04. The molecule has 0 fully saturated rings. The molecule has 0 aliphatic carbocycles. The maximum atomic E-state index is 11.4. The van der Waals surface area contributed by atoms with E-state index in [4.69, 9.17) is 10.3 Å². The van der Waals surface area contributed by atoms with Gasteiger partial charge in [-0.05, 0) is 0 Å². The van der Waals surface area contributed by atoms with Crippen molar-refractivity contribution in [3.05, 3.63) is 5.53 Å². The topological polar surface area (TPSA) is 83.0 Å². The molecule has 7 heteroatoms. The minimum atomic E-state index is -1.51. The quantitative estimate of drug-likeness (QED) is 0.139. The predicted molar refractivity (Wildman–Crippen MR) is 69.4 cm³/mol. The zero-order valence-corrected chi connectivity index (χ0v) is 12.3. The van der Waals surface area contributed by atoms with Crippen LogP contribution in [0.2, 0.25) is 19.6 Å². The van der Waals surface area contributed by atoms with Crippen molar-refractivity contribution in [2.75, 3.05) is 20.7 Å². The summed E-state index contributed by atoms with van der Waals surface area (Å²) in [6, 6.07) is 0. The van der Waals surface area contributed by atoms with Crippen molar-refractivity contribution < 1.29 is 19.1 Å². The standard InChI is InChI=1S/C11H17N3O3Si/c1-14(2)10(15)9(13-12)11(16)17-7-6-8-18(3,4)5/h7H2,1-5H3. The summed E-state index contributed by atoms with van der Waals surface area (Å²) >= 11 is 0. The summed E-state index contributed by atoms with van der Waals surface area (Å²) in [4.78, 5) is 26.6. The molecule has 0 aromatic carbocycles. The molecule has 0 aromatic heterocycles. The van der Waals surface area contributed by atoms with Gasteiger partial charge in [-0.2, -0.15) is 4.79 Å². The maximum Gasteiger partial charge on any atom is 0.463 e. The molecule has 0 bridgehead atoms. The summed E-state index contributed by atoms with van der Waals surface area (Å²) in [5.74, 6) is 1.00. The molecule has 0 saturated carbocycles. The van der Waals surface area contributed by atoms with E-state index in [1.54, 1.807) is 0 Å². The van der Waals surface area contributed by atoms with E-state index in [1.165, 1.54) is 14.1 Å². The van der Waals surface area contributed by atoms with E-state index in [1.807, 2.05) is 0 Å². The molecule has 0 heterocycles. The highest BCUT2D eigenvalue weighted by Crippen LogP contribution is 1.96. The highest BCUT2D eigenvalue weighted by molar-refractivity contribution is 6.83. The second kappa shape index (κ2) is 6.74. The summed E-state index contributed by atoms with van der Waals surface area (Å²) in [6.07, 6.45) is 0. The molecule has 98 valence electrons. The number of ether oxygens (including phenoxy) is 1. The van der Waals surface area contributed by atoms with Gasteiger partial charge >= 0.3 is 17.6 Å². The van der Waals surface area contributed by atoms with Crippen LogP contribution in [0.15, 0.2) is 0 Å². The highest BCUT2D eigenvalue weighted by atomic mass is 28.3. The lowest BCUT2D eigenvalue weighted by atomic mass is 10.3. The molecule has 18 heavy (non-hydrogen) atoms. The Morgan fingerprint density at radius 3 is 2.28 bits per heavy atom.